The highest BCUT2D eigenvalue weighted by Gasteiger charge is 2.20. The lowest BCUT2D eigenvalue weighted by Gasteiger charge is -2.23. The maximum Gasteiger partial charge on any atom is 0.303 e. The van der Waals surface area contributed by atoms with Crippen LogP contribution in [0.4, 0.5) is 4.39 Å². The van der Waals surface area contributed by atoms with E-state index in [1.807, 2.05) is 13.8 Å². The standard InChI is InChI=1S/C9H17FO2S/c1-8(11)12-9(2,3)7-13-6-4-5-10/h4-7H2,1-3H3. The number of esters is 1. The van der Waals surface area contributed by atoms with E-state index in [1.165, 1.54) is 6.92 Å². The molecule has 4 heteroatoms. The van der Waals surface area contributed by atoms with Crippen molar-refractivity contribution in [2.75, 3.05) is 18.2 Å². The van der Waals surface area contributed by atoms with Crippen molar-refractivity contribution in [3.8, 4) is 0 Å². The SMILES string of the molecule is CC(=O)OC(C)(C)CSCCCF. The molecule has 0 aromatic rings. The van der Waals surface area contributed by atoms with Gasteiger partial charge in [0, 0.05) is 12.7 Å². The molecule has 0 heterocycles. The van der Waals surface area contributed by atoms with Crippen LogP contribution in [0.15, 0.2) is 0 Å². The number of hydrogen-bond donors (Lipinski definition) is 0. The molecule has 0 N–H and O–H groups in total. The van der Waals surface area contributed by atoms with Gasteiger partial charge in [0.15, 0.2) is 0 Å². The molecule has 0 aliphatic carbocycles. The van der Waals surface area contributed by atoms with Crippen LogP contribution >= 0.6 is 11.8 Å². The molecule has 0 aliphatic heterocycles. The zero-order valence-corrected chi connectivity index (χ0v) is 9.25. The molecule has 0 unspecified atom stereocenters. The third-order valence-electron chi connectivity index (χ3n) is 1.29. The molecule has 0 spiro atoms. The summed E-state index contributed by atoms with van der Waals surface area (Å²) >= 11 is 1.61. The first kappa shape index (κ1) is 12.8. The second-order valence-electron chi connectivity index (χ2n) is 3.45. The van der Waals surface area contributed by atoms with Gasteiger partial charge in [0.05, 0.1) is 6.67 Å². The second-order valence-corrected chi connectivity index (χ2v) is 4.55. The van der Waals surface area contributed by atoms with Gasteiger partial charge in [-0.15, -0.1) is 0 Å². The van der Waals surface area contributed by atoms with Gasteiger partial charge < -0.3 is 4.74 Å². The number of ether oxygens (including phenoxy) is 1. The Morgan fingerprint density at radius 3 is 2.62 bits per heavy atom. The van der Waals surface area contributed by atoms with Crippen molar-refractivity contribution in [1.29, 1.82) is 0 Å². The summed E-state index contributed by atoms with van der Waals surface area (Å²) < 4.78 is 16.8. The molecule has 78 valence electrons. The number of rotatable bonds is 6. The average Bonchev–Trinajstić information content (AvgIpc) is 1.95. The van der Waals surface area contributed by atoms with Gasteiger partial charge >= 0.3 is 5.97 Å². The lowest BCUT2D eigenvalue weighted by Crippen LogP contribution is -2.29. The monoisotopic (exact) mass is 208 g/mol. The summed E-state index contributed by atoms with van der Waals surface area (Å²) in [5.41, 5.74) is -0.438. The first-order valence-corrected chi connectivity index (χ1v) is 5.47. The van der Waals surface area contributed by atoms with Crippen LogP contribution in [-0.4, -0.2) is 29.8 Å². The van der Waals surface area contributed by atoms with E-state index in [0.29, 0.717) is 12.2 Å². The van der Waals surface area contributed by atoms with Crippen molar-refractivity contribution in [2.45, 2.75) is 32.8 Å². The predicted octanol–water partition coefficient (Wildman–Crippen LogP) is 2.42. The van der Waals surface area contributed by atoms with E-state index in [1.54, 1.807) is 11.8 Å². The van der Waals surface area contributed by atoms with E-state index >= 15 is 0 Å². The summed E-state index contributed by atoms with van der Waals surface area (Å²) in [4.78, 5) is 10.7. The van der Waals surface area contributed by atoms with Gasteiger partial charge in [0.2, 0.25) is 0 Å². The molecule has 0 bridgehead atoms. The Bertz CT molecular complexity index is 160. The van der Waals surface area contributed by atoms with Crippen molar-refractivity contribution in [3.63, 3.8) is 0 Å². The van der Waals surface area contributed by atoms with Crippen LogP contribution in [0.2, 0.25) is 0 Å². The van der Waals surface area contributed by atoms with Crippen LogP contribution in [0.5, 0.6) is 0 Å². The molecule has 0 rings (SSSR count). The van der Waals surface area contributed by atoms with E-state index < -0.39 is 5.60 Å². The molecule has 0 aromatic heterocycles. The normalized spacial score (nSPS) is 11.4. The topological polar surface area (TPSA) is 26.3 Å². The van der Waals surface area contributed by atoms with Gasteiger partial charge in [0.25, 0.3) is 0 Å². The maximum absolute atomic E-state index is 11.7. The molecule has 0 fully saturated rings. The fraction of sp³-hybridized carbons (Fsp3) is 0.889. The van der Waals surface area contributed by atoms with Gasteiger partial charge in [0.1, 0.15) is 5.60 Å². The van der Waals surface area contributed by atoms with Gasteiger partial charge in [-0.2, -0.15) is 11.8 Å². The van der Waals surface area contributed by atoms with E-state index in [9.17, 15) is 9.18 Å². The first-order valence-electron chi connectivity index (χ1n) is 4.31. The first-order chi connectivity index (χ1) is 5.98. The molecular formula is C9H17FO2S. The molecule has 0 atom stereocenters. The third-order valence-corrected chi connectivity index (χ3v) is 2.77. The van der Waals surface area contributed by atoms with Gasteiger partial charge in [-0.05, 0) is 26.0 Å². The lowest BCUT2D eigenvalue weighted by atomic mass is 10.2. The highest BCUT2D eigenvalue weighted by molar-refractivity contribution is 7.99. The number of halogens is 1. The van der Waals surface area contributed by atoms with Crippen molar-refractivity contribution in [2.24, 2.45) is 0 Å². The van der Waals surface area contributed by atoms with Gasteiger partial charge in [-0.1, -0.05) is 0 Å². The summed E-state index contributed by atoms with van der Waals surface area (Å²) in [5, 5.41) is 0. The largest absolute Gasteiger partial charge is 0.459 e. The summed E-state index contributed by atoms with van der Waals surface area (Å²) in [7, 11) is 0. The molecule has 2 nitrogen and oxygen atoms in total. The summed E-state index contributed by atoms with van der Waals surface area (Å²) in [6.07, 6.45) is 0.570. The molecule has 0 aromatic carbocycles. The van der Waals surface area contributed by atoms with Crippen LogP contribution in [0.25, 0.3) is 0 Å². The van der Waals surface area contributed by atoms with Crippen molar-refractivity contribution < 1.29 is 13.9 Å². The van der Waals surface area contributed by atoms with Crippen LogP contribution in [0.3, 0.4) is 0 Å². The molecule has 0 saturated heterocycles. The smallest absolute Gasteiger partial charge is 0.303 e. The number of thioether (sulfide) groups is 1. The highest BCUT2D eigenvalue weighted by atomic mass is 32.2. The van der Waals surface area contributed by atoms with E-state index in [2.05, 4.69) is 0 Å². The van der Waals surface area contributed by atoms with Crippen LogP contribution < -0.4 is 0 Å². The molecular weight excluding hydrogens is 191 g/mol. The number of carbonyl (C=O) groups is 1. The minimum absolute atomic E-state index is 0.268. The van der Waals surface area contributed by atoms with Crippen LogP contribution in [-0.2, 0) is 9.53 Å². The number of carbonyl (C=O) groups excluding carboxylic acids is 1. The highest BCUT2D eigenvalue weighted by Crippen LogP contribution is 2.17. The average molecular weight is 208 g/mol. The van der Waals surface area contributed by atoms with Crippen molar-refractivity contribution in [3.05, 3.63) is 0 Å². The Balaban J connectivity index is 3.56. The summed E-state index contributed by atoms with van der Waals surface area (Å²) in [5.74, 6) is 1.23. The van der Waals surface area contributed by atoms with Crippen molar-refractivity contribution >= 4 is 17.7 Å². The Morgan fingerprint density at radius 2 is 2.15 bits per heavy atom. The predicted molar refractivity (Wildman–Crippen MR) is 53.8 cm³/mol. The number of alkyl halides is 1. The number of hydrogen-bond acceptors (Lipinski definition) is 3. The maximum atomic E-state index is 11.7. The quantitative estimate of drug-likeness (QED) is 0.495. The van der Waals surface area contributed by atoms with E-state index in [-0.39, 0.29) is 12.6 Å². The Labute approximate surface area is 83.2 Å². The van der Waals surface area contributed by atoms with Gasteiger partial charge in [-0.25, -0.2) is 0 Å². The zero-order valence-electron chi connectivity index (χ0n) is 8.43. The molecule has 0 saturated carbocycles. The fourth-order valence-electron chi connectivity index (χ4n) is 0.893. The molecule has 0 radical (unpaired) electrons. The van der Waals surface area contributed by atoms with Crippen LogP contribution in [0, 0.1) is 0 Å². The Morgan fingerprint density at radius 1 is 1.54 bits per heavy atom. The van der Waals surface area contributed by atoms with E-state index in [0.717, 1.165) is 5.75 Å². The summed E-state index contributed by atoms with van der Waals surface area (Å²) in [6, 6.07) is 0. The van der Waals surface area contributed by atoms with Gasteiger partial charge in [-0.3, -0.25) is 9.18 Å². The fourth-order valence-corrected chi connectivity index (χ4v) is 1.90. The minimum Gasteiger partial charge on any atom is -0.459 e. The van der Waals surface area contributed by atoms with Crippen molar-refractivity contribution in [1.82, 2.24) is 0 Å². The molecule has 0 amide bonds. The second kappa shape index (κ2) is 6.24. The van der Waals surface area contributed by atoms with E-state index in [4.69, 9.17) is 4.74 Å². The Kier molecular flexibility index (Phi) is 6.12. The molecule has 13 heavy (non-hydrogen) atoms. The molecule has 0 aliphatic rings. The van der Waals surface area contributed by atoms with Crippen LogP contribution in [0.1, 0.15) is 27.2 Å². The summed E-state index contributed by atoms with van der Waals surface area (Å²) in [6.45, 7) is 4.84. The zero-order chi connectivity index (χ0) is 10.3. The Hall–Kier alpha value is -0.250. The minimum atomic E-state index is -0.438. The lowest BCUT2D eigenvalue weighted by molar-refractivity contribution is -0.151. The third kappa shape index (κ3) is 8.09.